The molecule has 0 fully saturated rings. The quantitative estimate of drug-likeness (QED) is 0.448. The summed E-state index contributed by atoms with van der Waals surface area (Å²) in [5, 5.41) is 6.47. The van der Waals surface area contributed by atoms with Gasteiger partial charge in [0.1, 0.15) is 12.3 Å². The fraction of sp³-hybridized carbons (Fsp3) is 0.542. The molecule has 1 N–H and O–H groups in total. The molecule has 164 valence electrons. The van der Waals surface area contributed by atoms with Crippen LogP contribution in [0.4, 0.5) is 5.82 Å². The van der Waals surface area contributed by atoms with Crippen LogP contribution in [0.25, 0.3) is 0 Å². The number of anilines is 1. The summed E-state index contributed by atoms with van der Waals surface area (Å²) in [7, 11) is 0. The number of hydrogen-bond acceptors (Lipinski definition) is 4. The summed E-state index contributed by atoms with van der Waals surface area (Å²) in [5.74, 6) is 0.595. The van der Waals surface area contributed by atoms with Crippen molar-refractivity contribution >= 4 is 17.6 Å². The molecule has 6 nitrogen and oxygen atoms in total. The maximum atomic E-state index is 13.1. The lowest BCUT2D eigenvalue weighted by Gasteiger charge is -2.22. The maximum Gasteiger partial charge on any atom is 0.254 e. The average Bonchev–Trinajstić information content (AvgIpc) is 3.15. The van der Waals surface area contributed by atoms with Gasteiger partial charge in [-0.1, -0.05) is 63.2 Å². The molecule has 2 aromatic rings. The first-order chi connectivity index (χ1) is 14.5. The van der Waals surface area contributed by atoms with Crippen LogP contribution in [0, 0.1) is 6.92 Å². The number of rotatable bonds is 13. The summed E-state index contributed by atoms with van der Waals surface area (Å²) in [4.78, 5) is 27.1. The van der Waals surface area contributed by atoms with Gasteiger partial charge in [-0.15, -0.1) is 0 Å². The minimum atomic E-state index is -0.277. The maximum absolute atomic E-state index is 13.1. The Morgan fingerprint density at radius 2 is 1.70 bits per heavy atom. The van der Waals surface area contributed by atoms with E-state index < -0.39 is 0 Å². The monoisotopic (exact) mass is 413 g/mol. The van der Waals surface area contributed by atoms with Crippen LogP contribution in [0.1, 0.15) is 80.5 Å². The SMILES string of the molecule is CCCCCCc1ccc(C(=O)N(CCCCC)CC(=O)Nc2cc(C)on2)cc1. The van der Waals surface area contributed by atoms with Gasteiger partial charge in [0.25, 0.3) is 5.91 Å². The number of benzene rings is 1. The van der Waals surface area contributed by atoms with Crippen molar-refractivity contribution in [3.8, 4) is 0 Å². The van der Waals surface area contributed by atoms with Gasteiger partial charge in [0.15, 0.2) is 5.82 Å². The Kier molecular flexibility index (Phi) is 10.1. The van der Waals surface area contributed by atoms with E-state index in [4.69, 9.17) is 4.52 Å². The highest BCUT2D eigenvalue weighted by molar-refractivity contribution is 5.99. The van der Waals surface area contributed by atoms with Crippen LogP contribution < -0.4 is 5.32 Å². The Hall–Kier alpha value is -2.63. The zero-order chi connectivity index (χ0) is 21.8. The zero-order valence-electron chi connectivity index (χ0n) is 18.6. The van der Waals surface area contributed by atoms with Crippen LogP contribution in [0.5, 0.6) is 0 Å². The Bertz CT molecular complexity index is 783. The lowest BCUT2D eigenvalue weighted by molar-refractivity contribution is -0.117. The van der Waals surface area contributed by atoms with E-state index >= 15 is 0 Å². The molecule has 6 heteroatoms. The van der Waals surface area contributed by atoms with Crippen molar-refractivity contribution in [3.63, 3.8) is 0 Å². The molecule has 0 aliphatic carbocycles. The van der Waals surface area contributed by atoms with Gasteiger partial charge in [0, 0.05) is 18.2 Å². The van der Waals surface area contributed by atoms with E-state index in [1.807, 2.05) is 24.3 Å². The summed E-state index contributed by atoms with van der Waals surface area (Å²) >= 11 is 0. The average molecular weight is 414 g/mol. The fourth-order valence-corrected chi connectivity index (χ4v) is 3.34. The number of hydrogen-bond donors (Lipinski definition) is 1. The van der Waals surface area contributed by atoms with Crippen LogP contribution in [0.15, 0.2) is 34.9 Å². The van der Waals surface area contributed by atoms with Gasteiger partial charge in [0.05, 0.1) is 0 Å². The van der Waals surface area contributed by atoms with Gasteiger partial charge in [-0.25, -0.2) is 0 Å². The number of carbonyl (C=O) groups excluding carboxylic acids is 2. The number of unbranched alkanes of at least 4 members (excludes halogenated alkanes) is 5. The molecule has 2 rings (SSSR count). The Labute approximate surface area is 180 Å². The molecular formula is C24H35N3O3. The molecular weight excluding hydrogens is 378 g/mol. The summed E-state index contributed by atoms with van der Waals surface area (Å²) in [6.07, 6.45) is 8.88. The molecule has 0 saturated heterocycles. The number of nitrogens with zero attached hydrogens (tertiary/aromatic N) is 2. The van der Waals surface area contributed by atoms with Crippen LogP contribution in [0.3, 0.4) is 0 Å². The van der Waals surface area contributed by atoms with Crippen molar-refractivity contribution in [1.29, 1.82) is 0 Å². The molecule has 1 aromatic heterocycles. The molecule has 0 atom stereocenters. The number of nitrogens with one attached hydrogen (secondary N) is 1. The Morgan fingerprint density at radius 1 is 1.00 bits per heavy atom. The molecule has 0 bridgehead atoms. The smallest absolute Gasteiger partial charge is 0.254 e. The highest BCUT2D eigenvalue weighted by atomic mass is 16.5. The first-order valence-corrected chi connectivity index (χ1v) is 11.1. The number of aromatic nitrogens is 1. The molecule has 0 aliphatic rings. The fourth-order valence-electron chi connectivity index (χ4n) is 3.34. The predicted octanol–water partition coefficient (Wildman–Crippen LogP) is 5.38. The summed E-state index contributed by atoms with van der Waals surface area (Å²) in [6, 6.07) is 9.47. The van der Waals surface area contributed by atoms with Gasteiger partial charge in [-0.05, 0) is 43.9 Å². The minimum Gasteiger partial charge on any atom is -0.360 e. The third-order valence-electron chi connectivity index (χ3n) is 5.07. The van der Waals surface area contributed by atoms with E-state index in [1.165, 1.54) is 31.2 Å². The largest absolute Gasteiger partial charge is 0.360 e. The predicted molar refractivity (Wildman–Crippen MR) is 120 cm³/mol. The van der Waals surface area contributed by atoms with Crippen molar-refractivity contribution < 1.29 is 14.1 Å². The van der Waals surface area contributed by atoms with E-state index in [0.717, 1.165) is 25.7 Å². The van der Waals surface area contributed by atoms with E-state index in [9.17, 15) is 9.59 Å². The van der Waals surface area contributed by atoms with Gasteiger partial charge in [0.2, 0.25) is 5.91 Å². The van der Waals surface area contributed by atoms with Crippen molar-refractivity contribution in [2.24, 2.45) is 0 Å². The number of carbonyl (C=O) groups is 2. The summed E-state index contributed by atoms with van der Waals surface area (Å²) in [6.45, 7) is 6.63. The Morgan fingerprint density at radius 3 is 2.33 bits per heavy atom. The molecule has 0 radical (unpaired) electrons. The lowest BCUT2D eigenvalue weighted by atomic mass is 10.0. The van der Waals surface area contributed by atoms with Crippen molar-refractivity contribution in [2.75, 3.05) is 18.4 Å². The standard InChI is InChI=1S/C24H35N3O3/c1-4-6-8-9-11-20-12-14-21(15-13-20)24(29)27(16-10-7-5-2)18-23(28)25-22-17-19(3)30-26-22/h12-15,17H,4-11,16,18H2,1-3H3,(H,25,26,28). The van der Waals surface area contributed by atoms with E-state index in [2.05, 4.69) is 24.3 Å². The molecule has 1 heterocycles. The van der Waals surface area contributed by atoms with Gasteiger partial charge in [-0.2, -0.15) is 0 Å². The Balaban J connectivity index is 1.98. The topological polar surface area (TPSA) is 75.4 Å². The highest BCUT2D eigenvalue weighted by Gasteiger charge is 2.19. The zero-order valence-corrected chi connectivity index (χ0v) is 18.6. The van der Waals surface area contributed by atoms with Crippen molar-refractivity contribution in [1.82, 2.24) is 10.1 Å². The van der Waals surface area contributed by atoms with E-state index in [-0.39, 0.29) is 18.4 Å². The second-order valence-corrected chi connectivity index (χ2v) is 7.81. The third kappa shape index (κ3) is 8.01. The molecule has 0 spiro atoms. The third-order valence-corrected chi connectivity index (χ3v) is 5.07. The number of amides is 2. The van der Waals surface area contributed by atoms with Crippen LogP contribution in [-0.2, 0) is 11.2 Å². The second-order valence-electron chi connectivity index (χ2n) is 7.81. The second kappa shape index (κ2) is 12.8. The first-order valence-electron chi connectivity index (χ1n) is 11.1. The van der Waals surface area contributed by atoms with Crippen LogP contribution in [0.2, 0.25) is 0 Å². The molecule has 0 unspecified atom stereocenters. The molecule has 1 aromatic carbocycles. The van der Waals surface area contributed by atoms with E-state index in [1.54, 1.807) is 17.9 Å². The van der Waals surface area contributed by atoms with Gasteiger partial charge < -0.3 is 14.7 Å². The van der Waals surface area contributed by atoms with Crippen molar-refractivity contribution in [2.45, 2.75) is 72.1 Å². The van der Waals surface area contributed by atoms with Gasteiger partial charge >= 0.3 is 0 Å². The summed E-state index contributed by atoms with van der Waals surface area (Å²) in [5.41, 5.74) is 1.87. The highest BCUT2D eigenvalue weighted by Crippen LogP contribution is 2.13. The molecule has 30 heavy (non-hydrogen) atoms. The lowest BCUT2D eigenvalue weighted by Crippen LogP contribution is -2.38. The van der Waals surface area contributed by atoms with Crippen LogP contribution in [-0.4, -0.2) is 35.0 Å². The minimum absolute atomic E-state index is 0.00672. The van der Waals surface area contributed by atoms with Gasteiger partial charge in [-0.3, -0.25) is 9.59 Å². The molecule has 2 amide bonds. The molecule has 0 saturated carbocycles. The summed E-state index contributed by atoms with van der Waals surface area (Å²) < 4.78 is 4.97. The molecule has 0 aliphatic heterocycles. The van der Waals surface area contributed by atoms with Crippen molar-refractivity contribution in [3.05, 3.63) is 47.2 Å². The van der Waals surface area contributed by atoms with E-state index in [0.29, 0.717) is 23.7 Å². The number of aryl methyl sites for hydroxylation is 2. The normalized spacial score (nSPS) is 10.8. The van der Waals surface area contributed by atoms with Crippen LogP contribution >= 0.6 is 0 Å². The first kappa shape index (κ1) is 23.6.